The highest BCUT2D eigenvalue weighted by atomic mass is 16.2. The van der Waals surface area contributed by atoms with Gasteiger partial charge in [0.15, 0.2) is 0 Å². The van der Waals surface area contributed by atoms with Crippen LogP contribution in [0.4, 0.5) is 0 Å². The number of hydrogen-bond acceptors (Lipinski definition) is 4. The van der Waals surface area contributed by atoms with Gasteiger partial charge in [-0.15, -0.1) is 0 Å². The third-order valence-electron chi connectivity index (χ3n) is 5.24. The molecular formula is C22H24N4O2. The number of rotatable bonds is 4. The van der Waals surface area contributed by atoms with Gasteiger partial charge >= 0.3 is 0 Å². The lowest BCUT2D eigenvalue weighted by atomic mass is 10.2. The molecule has 2 aromatic carbocycles. The Labute approximate surface area is 164 Å². The smallest absolute Gasteiger partial charge is 0.275 e. The number of fused-ring (bicyclic) bond motifs is 1. The summed E-state index contributed by atoms with van der Waals surface area (Å²) in [5.41, 5.74) is 1.07. The fourth-order valence-electron chi connectivity index (χ4n) is 3.69. The molecule has 0 spiro atoms. The molecule has 0 N–H and O–H groups in total. The summed E-state index contributed by atoms with van der Waals surface area (Å²) in [6.07, 6.45) is 2.58. The van der Waals surface area contributed by atoms with E-state index in [1.807, 2.05) is 29.2 Å². The lowest BCUT2D eigenvalue weighted by Crippen LogP contribution is -2.39. The molecule has 0 atom stereocenters. The van der Waals surface area contributed by atoms with Crippen molar-refractivity contribution in [3.05, 3.63) is 76.7 Å². The fraction of sp³-hybridized carbons (Fsp3) is 0.318. The van der Waals surface area contributed by atoms with Crippen LogP contribution in [0.2, 0.25) is 0 Å². The largest absolute Gasteiger partial charge is 0.340 e. The van der Waals surface area contributed by atoms with Gasteiger partial charge in [0.25, 0.3) is 5.56 Å². The molecule has 1 aromatic heterocycles. The molecule has 3 aromatic rings. The molecule has 6 heteroatoms. The number of hydrogen-bond donors (Lipinski definition) is 0. The predicted octanol–water partition coefficient (Wildman–Crippen LogP) is 2.13. The zero-order chi connectivity index (χ0) is 19.3. The summed E-state index contributed by atoms with van der Waals surface area (Å²) in [5, 5.41) is 5.57. The van der Waals surface area contributed by atoms with Gasteiger partial charge in [-0.1, -0.05) is 48.5 Å². The molecule has 2 heterocycles. The first-order valence-corrected chi connectivity index (χ1v) is 9.69. The predicted molar refractivity (Wildman–Crippen MR) is 109 cm³/mol. The van der Waals surface area contributed by atoms with Crippen molar-refractivity contribution in [3.8, 4) is 0 Å². The highest BCUT2D eigenvalue weighted by Gasteiger charge is 2.20. The first-order chi connectivity index (χ1) is 13.7. The fourth-order valence-corrected chi connectivity index (χ4v) is 3.69. The van der Waals surface area contributed by atoms with Gasteiger partial charge in [-0.2, -0.15) is 5.10 Å². The Balaban J connectivity index is 1.40. The lowest BCUT2D eigenvalue weighted by Gasteiger charge is -2.22. The van der Waals surface area contributed by atoms with Crippen molar-refractivity contribution in [3.63, 3.8) is 0 Å². The Morgan fingerprint density at radius 2 is 1.71 bits per heavy atom. The van der Waals surface area contributed by atoms with E-state index < -0.39 is 0 Å². The zero-order valence-electron chi connectivity index (χ0n) is 15.8. The maximum Gasteiger partial charge on any atom is 0.275 e. The van der Waals surface area contributed by atoms with E-state index in [4.69, 9.17) is 0 Å². The summed E-state index contributed by atoms with van der Waals surface area (Å²) in [6.45, 7) is 4.07. The number of amides is 1. The van der Waals surface area contributed by atoms with Gasteiger partial charge in [0, 0.05) is 38.1 Å². The van der Waals surface area contributed by atoms with Crippen LogP contribution in [0.3, 0.4) is 0 Å². The second kappa shape index (κ2) is 8.35. The maximum absolute atomic E-state index is 12.8. The van der Waals surface area contributed by atoms with Crippen LogP contribution >= 0.6 is 0 Å². The first kappa shape index (κ1) is 18.4. The van der Waals surface area contributed by atoms with Gasteiger partial charge in [-0.3, -0.25) is 14.5 Å². The van der Waals surface area contributed by atoms with E-state index in [1.54, 1.807) is 12.3 Å². The zero-order valence-corrected chi connectivity index (χ0v) is 15.8. The molecule has 0 unspecified atom stereocenters. The Kier molecular flexibility index (Phi) is 5.48. The molecule has 0 radical (unpaired) electrons. The standard InChI is InChI=1S/C22H24N4O2/c27-21(17-26-22(28)20-10-5-4-9-19(20)15-23-26)25-12-6-11-24(13-14-25)16-18-7-2-1-3-8-18/h1-5,7-10,15H,6,11-14,16-17H2. The first-order valence-electron chi connectivity index (χ1n) is 9.69. The maximum atomic E-state index is 12.8. The Bertz CT molecular complexity index is 1020. The quantitative estimate of drug-likeness (QED) is 0.700. The molecular weight excluding hydrogens is 352 g/mol. The minimum atomic E-state index is -0.216. The molecule has 1 aliphatic rings. The van der Waals surface area contributed by atoms with E-state index in [0.29, 0.717) is 18.5 Å². The average Bonchev–Trinajstić information content (AvgIpc) is 2.97. The molecule has 1 aliphatic heterocycles. The van der Waals surface area contributed by atoms with Gasteiger partial charge in [0.2, 0.25) is 5.91 Å². The number of benzene rings is 2. The number of aromatic nitrogens is 2. The minimum Gasteiger partial charge on any atom is -0.340 e. The van der Waals surface area contributed by atoms with Crippen molar-refractivity contribution >= 4 is 16.7 Å². The van der Waals surface area contributed by atoms with Crippen molar-refractivity contribution in [2.24, 2.45) is 0 Å². The summed E-state index contributed by atoms with van der Waals surface area (Å²) in [7, 11) is 0. The second-order valence-electron chi connectivity index (χ2n) is 7.19. The van der Waals surface area contributed by atoms with Crippen LogP contribution in [0.15, 0.2) is 65.6 Å². The van der Waals surface area contributed by atoms with Crippen molar-refractivity contribution in [2.75, 3.05) is 26.2 Å². The third-order valence-corrected chi connectivity index (χ3v) is 5.24. The molecule has 0 aliphatic carbocycles. The number of carbonyl (C=O) groups excluding carboxylic acids is 1. The summed E-state index contributed by atoms with van der Waals surface area (Å²) < 4.78 is 1.28. The minimum absolute atomic E-state index is 0.0116. The molecule has 4 rings (SSSR count). The van der Waals surface area contributed by atoms with Crippen LogP contribution in [-0.2, 0) is 17.9 Å². The van der Waals surface area contributed by atoms with Gasteiger partial charge in [-0.05, 0) is 18.1 Å². The second-order valence-corrected chi connectivity index (χ2v) is 7.19. The van der Waals surface area contributed by atoms with Crippen molar-refractivity contribution in [1.82, 2.24) is 19.6 Å². The van der Waals surface area contributed by atoms with E-state index in [-0.39, 0.29) is 18.0 Å². The van der Waals surface area contributed by atoms with E-state index in [1.165, 1.54) is 10.2 Å². The summed E-state index contributed by atoms with van der Waals surface area (Å²) >= 11 is 0. The highest BCUT2D eigenvalue weighted by Crippen LogP contribution is 2.10. The van der Waals surface area contributed by atoms with Gasteiger partial charge < -0.3 is 4.90 Å². The summed E-state index contributed by atoms with van der Waals surface area (Å²) in [4.78, 5) is 29.6. The molecule has 0 bridgehead atoms. The monoisotopic (exact) mass is 376 g/mol. The van der Waals surface area contributed by atoms with Crippen LogP contribution in [0.5, 0.6) is 0 Å². The molecule has 1 amide bonds. The molecule has 6 nitrogen and oxygen atoms in total. The van der Waals surface area contributed by atoms with Crippen LogP contribution in [-0.4, -0.2) is 51.7 Å². The highest BCUT2D eigenvalue weighted by molar-refractivity contribution is 5.81. The topological polar surface area (TPSA) is 58.4 Å². The summed E-state index contributed by atoms with van der Waals surface area (Å²) in [5.74, 6) is -0.0496. The SMILES string of the molecule is O=C(Cn1ncc2ccccc2c1=O)N1CCCN(Cc2ccccc2)CC1. The van der Waals surface area contributed by atoms with Crippen LogP contribution in [0.1, 0.15) is 12.0 Å². The van der Waals surface area contributed by atoms with Crippen LogP contribution in [0, 0.1) is 0 Å². The van der Waals surface area contributed by atoms with E-state index in [9.17, 15) is 9.59 Å². The Morgan fingerprint density at radius 1 is 0.929 bits per heavy atom. The lowest BCUT2D eigenvalue weighted by molar-refractivity contribution is -0.132. The van der Waals surface area contributed by atoms with Crippen molar-refractivity contribution < 1.29 is 4.79 Å². The van der Waals surface area contributed by atoms with Crippen molar-refractivity contribution in [2.45, 2.75) is 19.5 Å². The summed E-state index contributed by atoms with van der Waals surface area (Å²) in [6, 6.07) is 17.7. The molecule has 1 fully saturated rings. The van der Waals surface area contributed by atoms with Crippen molar-refractivity contribution in [1.29, 1.82) is 0 Å². The van der Waals surface area contributed by atoms with Gasteiger partial charge in [0.1, 0.15) is 6.54 Å². The average molecular weight is 376 g/mol. The molecule has 1 saturated heterocycles. The van der Waals surface area contributed by atoms with Gasteiger partial charge in [0.05, 0.1) is 11.6 Å². The van der Waals surface area contributed by atoms with Gasteiger partial charge in [-0.25, -0.2) is 4.68 Å². The molecule has 0 saturated carbocycles. The normalized spacial score (nSPS) is 15.5. The molecule has 28 heavy (non-hydrogen) atoms. The Morgan fingerprint density at radius 3 is 2.57 bits per heavy atom. The van der Waals surface area contributed by atoms with Crippen LogP contribution < -0.4 is 5.56 Å². The Hall–Kier alpha value is -2.99. The van der Waals surface area contributed by atoms with E-state index >= 15 is 0 Å². The molecule has 144 valence electrons. The third kappa shape index (κ3) is 4.12. The van der Waals surface area contributed by atoms with E-state index in [0.717, 1.165) is 31.4 Å². The number of carbonyl (C=O) groups is 1. The van der Waals surface area contributed by atoms with Crippen LogP contribution in [0.25, 0.3) is 10.8 Å². The van der Waals surface area contributed by atoms with E-state index in [2.05, 4.69) is 34.3 Å². The number of nitrogens with zero attached hydrogens (tertiary/aromatic N) is 4.